The van der Waals surface area contributed by atoms with Gasteiger partial charge in [0.2, 0.25) is 10.0 Å². The summed E-state index contributed by atoms with van der Waals surface area (Å²) >= 11 is 0. The molecule has 1 aliphatic heterocycles. The SMILES string of the molecule is C[C@H](CO)N1C[C@H](C)[C@@H](CN(C)Cc2cccc(F)c2)Oc2cc(-c3cccc(C#N)c3)ccc2S1(=O)=O. The van der Waals surface area contributed by atoms with Crippen molar-refractivity contribution in [1.82, 2.24) is 9.21 Å². The Morgan fingerprint density at radius 2 is 1.89 bits per heavy atom. The lowest BCUT2D eigenvalue weighted by Crippen LogP contribution is -2.49. The third-order valence-corrected chi connectivity index (χ3v) is 8.84. The predicted octanol–water partition coefficient (Wildman–Crippen LogP) is 4.26. The third-order valence-electron chi connectivity index (χ3n) is 6.83. The highest BCUT2D eigenvalue weighted by Crippen LogP contribution is 2.36. The fourth-order valence-corrected chi connectivity index (χ4v) is 6.54. The van der Waals surface area contributed by atoms with E-state index in [2.05, 4.69) is 6.07 Å². The van der Waals surface area contributed by atoms with E-state index in [9.17, 15) is 23.2 Å². The first-order valence-electron chi connectivity index (χ1n) is 12.5. The van der Waals surface area contributed by atoms with Gasteiger partial charge in [-0.3, -0.25) is 4.90 Å². The molecule has 9 heteroatoms. The fraction of sp³-hybridized carbons (Fsp3) is 0.345. The number of ether oxygens (including phenoxy) is 1. The molecule has 0 saturated heterocycles. The van der Waals surface area contributed by atoms with Gasteiger partial charge < -0.3 is 9.84 Å². The number of halogens is 1. The lowest BCUT2D eigenvalue weighted by molar-refractivity contribution is 0.0734. The summed E-state index contributed by atoms with van der Waals surface area (Å²) in [7, 11) is -2.05. The van der Waals surface area contributed by atoms with Gasteiger partial charge in [-0.15, -0.1) is 0 Å². The molecule has 1 aliphatic rings. The minimum Gasteiger partial charge on any atom is -0.487 e. The van der Waals surface area contributed by atoms with E-state index in [4.69, 9.17) is 4.74 Å². The van der Waals surface area contributed by atoms with Gasteiger partial charge in [-0.05, 0) is 67.1 Å². The molecule has 38 heavy (non-hydrogen) atoms. The molecule has 0 amide bonds. The maximum Gasteiger partial charge on any atom is 0.247 e. The molecular weight excluding hydrogens is 505 g/mol. The van der Waals surface area contributed by atoms with Gasteiger partial charge in [-0.2, -0.15) is 9.57 Å². The summed E-state index contributed by atoms with van der Waals surface area (Å²) in [6.07, 6.45) is -0.392. The van der Waals surface area contributed by atoms with Crippen LogP contribution in [0.2, 0.25) is 0 Å². The maximum absolute atomic E-state index is 13.7. The van der Waals surface area contributed by atoms with Crippen LogP contribution in [0.3, 0.4) is 0 Å². The van der Waals surface area contributed by atoms with E-state index >= 15 is 0 Å². The number of benzene rings is 3. The Morgan fingerprint density at radius 3 is 2.61 bits per heavy atom. The summed E-state index contributed by atoms with van der Waals surface area (Å²) < 4.78 is 48.9. The van der Waals surface area contributed by atoms with Gasteiger partial charge >= 0.3 is 0 Å². The number of likely N-dealkylation sites (N-methyl/N-ethyl adjacent to an activating group) is 1. The first-order chi connectivity index (χ1) is 18.1. The van der Waals surface area contributed by atoms with Crippen LogP contribution in [0.1, 0.15) is 25.0 Å². The highest BCUT2D eigenvalue weighted by atomic mass is 32.2. The molecule has 200 valence electrons. The fourth-order valence-electron chi connectivity index (χ4n) is 4.71. The maximum atomic E-state index is 13.7. The van der Waals surface area contributed by atoms with Gasteiger partial charge in [0.05, 0.1) is 18.2 Å². The molecule has 0 fully saturated rings. The number of hydrogen-bond donors (Lipinski definition) is 1. The summed E-state index contributed by atoms with van der Waals surface area (Å²) in [6.45, 7) is 4.43. The second-order valence-electron chi connectivity index (χ2n) is 9.92. The van der Waals surface area contributed by atoms with Crippen molar-refractivity contribution in [3.8, 4) is 22.9 Å². The average Bonchev–Trinajstić information content (AvgIpc) is 2.90. The molecule has 0 bridgehead atoms. The number of sulfonamides is 1. The third kappa shape index (κ3) is 6.05. The molecule has 1 heterocycles. The number of aliphatic hydroxyl groups excluding tert-OH is 1. The Morgan fingerprint density at radius 1 is 1.16 bits per heavy atom. The van der Waals surface area contributed by atoms with Crippen molar-refractivity contribution in [2.45, 2.75) is 37.4 Å². The van der Waals surface area contributed by atoms with Crippen LogP contribution in [-0.4, -0.2) is 61.6 Å². The van der Waals surface area contributed by atoms with Crippen molar-refractivity contribution in [2.24, 2.45) is 5.92 Å². The van der Waals surface area contributed by atoms with Gasteiger partial charge in [0.15, 0.2) is 0 Å². The average molecular weight is 538 g/mol. The van der Waals surface area contributed by atoms with Crippen molar-refractivity contribution in [3.63, 3.8) is 0 Å². The van der Waals surface area contributed by atoms with Crippen molar-refractivity contribution < 1.29 is 22.7 Å². The van der Waals surface area contributed by atoms with Crippen molar-refractivity contribution in [2.75, 3.05) is 26.7 Å². The summed E-state index contributed by atoms with van der Waals surface area (Å²) in [5.41, 5.74) is 2.81. The zero-order valence-corrected chi connectivity index (χ0v) is 22.5. The topological polar surface area (TPSA) is 93.9 Å². The second-order valence-corrected chi connectivity index (χ2v) is 11.8. The molecule has 3 atom stereocenters. The normalized spacial score (nSPS) is 20.0. The summed E-state index contributed by atoms with van der Waals surface area (Å²) in [5.74, 6) is -0.296. The Balaban J connectivity index is 1.73. The van der Waals surface area contributed by atoms with E-state index in [1.165, 1.54) is 22.5 Å². The van der Waals surface area contributed by atoms with Crippen molar-refractivity contribution >= 4 is 10.0 Å². The Hall–Kier alpha value is -3.29. The van der Waals surface area contributed by atoms with E-state index in [0.29, 0.717) is 18.7 Å². The van der Waals surface area contributed by atoms with E-state index in [0.717, 1.165) is 16.7 Å². The molecule has 0 spiro atoms. The monoisotopic (exact) mass is 537 g/mol. The van der Waals surface area contributed by atoms with Gasteiger partial charge in [0, 0.05) is 31.6 Å². The second kappa shape index (κ2) is 11.6. The van der Waals surface area contributed by atoms with Crippen LogP contribution < -0.4 is 4.74 Å². The molecule has 7 nitrogen and oxygen atoms in total. The highest BCUT2D eigenvalue weighted by Gasteiger charge is 2.38. The van der Waals surface area contributed by atoms with E-state index in [1.54, 1.807) is 43.3 Å². The Bertz CT molecular complexity index is 1440. The zero-order chi connectivity index (χ0) is 27.4. The van der Waals surface area contributed by atoms with Gasteiger partial charge in [-0.25, -0.2) is 12.8 Å². The Kier molecular flexibility index (Phi) is 8.48. The number of nitrogens with zero attached hydrogens (tertiary/aromatic N) is 3. The Labute approximate surface area is 223 Å². The van der Waals surface area contributed by atoms with Gasteiger partial charge in [0.1, 0.15) is 22.6 Å². The van der Waals surface area contributed by atoms with Crippen molar-refractivity contribution in [1.29, 1.82) is 5.26 Å². The highest BCUT2D eigenvalue weighted by molar-refractivity contribution is 7.89. The molecule has 0 radical (unpaired) electrons. The zero-order valence-electron chi connectivity index (χ0n) is 21.7. The van der Waals surface area contributed by atoms with E-state index < -0.39 is 22.2 Å². The molecule has 4 rings (SSSR count). The van der Waals surface area contributed by atoms with Crippen molar-refractivity contribution in [3.05, 3.63) is 83.7 Å². The number of nitriles is 1. The molecule has 1 N–H and O–H groups in total. The lowest BCUT2D eigenvalue weighted by atomic mass is 10.0. The molecule has 3 aromatic carbocycles. The molecule has 0 saturated carbocycles. The van der Waals surface area contributed by atoms with E-state index in [-0.39, 0.29) is 35.5 Å². The van der Waals surface area contributed by atoms with Crippen LogP contribution in [0.4, 0.5) is 4.39 Å². The number of fused-ring (bicyclic) bond motifs is 1. The van der Waals surface area contributed by atoms with Crippen LogP contribution in [0.5, 0.6) is 5.75 Å². The van der Waals surface area contributed by atoms with E-state index in [1.807, 2.05) is 31.0 Å². The minimum absolute atomic E-state index is 0.0303. The van der Waals surface area contributed by atoms with Crippen LogP contribution >= 0.6 is 0 Å². The number of rotatable bonds is 7. The lowest BCUT2D eigenvalue weighted by Gasteiger charge is -2.37. The van der Waals surface area contributed by atoms with Crippen LogP contribution in [0.15, 0.2) is 71.6 Å². The summed E-state index contributed by atoms with van der Waals surface area (Å²) in [5, 5.41) is 19.2. The van der Waals surface area contributed by atoms with Crippen LogP contribution in [0.25, 0.3) is 11.1 Å². The van der Waals surface area contributed by atoms with Crippen LogP contribution in [-0.2, 0) is 16.6 Å². The number of aliphatic hydroxyl groups is 1. The summed E-state index contributed by atoms with van der Waals surface area (Å²) in [4.78, 5) is 2.05. The molecule has 0 aliphatic carbocycles. The molecule has 0 aromatic heterocycles. The first-order valence-corrected chi connectivity index (χ1v) is 13.9. The molecule has 0 unspecified atom stereocenters. The minimum atomic E-state index is -3.96. The predicted molar refractivity (Wildman–Crippen MR) is 143 cm³/mol. The standard InChI is InChI=1S/C29H32FN3O4S/c1-20-16-33(21(2)19-34)38(35,36)29-11-10-25(24-8-4-6-22(12-24)15-31)14-27(29)37-28(20)18-32(3)17-23-7-5-9-26(30)13-23/h4-14,20-21,28,34H,16-19H2,1-3H3/t20-,21+,28+/m0/s1. The van der Waals surface area contributed by atoms with Gasteiger partial charge in [0.25, 0.3) is 0 Å². The largest absolute Gasteiger partial charge is 0.487 e. The molecular formula is C29H32FN3O4S. The first kappa shape index (κ1) is 27.7. The molecule has 3 aromatic rings. The summed E-state index contributed by atoms with van der Waals surface area (Å²) in [6, 6.07) is 19.9. The smallest absolute Gasteiger partial charge is 0.247 e. The number of hydrogen-bond acceptors (Lipinski definition) is 6. The quantitative estimate of drug-likeness (QED) is 0.484. The van der Waals surface area contributed by atoms with Crippen LogP contribution in [0, 0.1) is 23.1 Å². The van der Waals surface area contributed by atoms with Gasteiger partial charge in [-0.1, -0.05) is 37.3 Å².